The summed E-state index contributed by atoms with van der Waals surface area (Å²) in [6.07, 6.45) is 4.76. The zero-order chi connectivity index (χ0) is 14.6. The molecule has 0 amide bonds. The molecule has 1 aliphatic carbocycles. The number of nitrogens with zero attached hydrogens (tertiary/aromatic N) is 1. The summed E-state index contributed by atoms with van der Waals surface area (Å²) in [7, 11) is 1.74. The normalized spacial score (nSPS) is 35.9. The quantitative estimate of drug-likeness (QED) is 0.798. The van der Waals surface area contributed by atoms with E-state index in [1.165, 1.54) is 6.42 Å². The number of rotatable bonds is 5. The van der Waals surface area contributed by atoms with Crippen LogP contribution in [0.4, 0.5) is 0 Å². The van der Waals surface area contributed by atoms with E-state index >= 15 is 0 Å². The van der Waals surface area contributed by atoms with Crippen LogP contribution in [0.15, 0.2) is 0 Å². The Hall–Kier alpha value is -0.650. The van der Waals surface area contributed by atoms with Gasteiger partial charge in [-0.05, 0) is 51.0 Å². The molecule has 0 aromatic rings. The minimum Gasteiger partial charge on any atom is -0.481 e. The first-order valence-electron chi connectivity index (χ1n) is 7.69. The van der Waals surface area contributed by atoms with Gasteiger partial charge in [-0.15, -0.1) is 0 Å². The van der Waals surface area contributed by atoms with Crippen LogP contribution in [0, 0.1) is 11.8 Å². The van der Waals surface area contributed by atoms with Crippen LogP contribution in [0.2, 0.25) is 0 Å². The fourth-order valence-electron chi connectivity index (χ4n) is 3.64. The maximum atomic E-state index is 11.0. The van der Waals surface area contributed by atoms with Gasteiger partial charge in [0.2, 0.25) is 0 Å². The fraction of sp³-hybridized carbons (Fsp3) is 0.933. The Morgan fingerprint density at radius 1 is 1.35 bits per heavy atom. The first kappa shape index (κ1) is 15.7. The summed E-state index contributed by atoms with van der Waals surface area (Å²) in [5.41, 5.74) is -0.694. The average molecular weight is 285 g/mol. The van der Waals surface area contributed by atoms with Crippen LogP contribution < -0.4 is 0 Å². The van der Waals surface area contributed by atoms with Crippen LogP contribution in [-0.2, 0) is 9.53 Å². The Morgan fingerprint density at radius 3 is 2.65 bits per heavy atom. The largest absolute Gasteiger partial charge is 0.481 e. The van der Waals surface area contributed by atoms with Gasteiger partial charge in [-0.3, -0.25) is 4.79 Å². The number of likely N-dealkylation sites (tertiary alicyclic amines) is 1. The Morgan fingerprint density at radius 2 is 2.05 bits per heavy atom. The summed E-state index contributed by atoms with van der Waals surface area (Å²) in [6.45, 7) is 3.49. The van der Waals surface area contributed by atoms with Gasteiger partial charge in [-0.2, -0.15) is 0 Å². The van der Waals surface area contributed by atoms with E-state index < -0.39 is 11.6 Å². The molecule has 2 N–H and O–H groups in total. The molecule has 0 bridgehead atoms. The van der Waals surface area contributed by atoms with Gasteiger partial charge >= 0.3 is 5.97 Å². The number of methoxy groups -OCH3 is 1. The molecule has 0 aromatic heterocycles. The zero-order valence-electron chi connectivity index (χ0n) is 12.4. The number of aliphatic hydroxyl groups is 1. The lowest BCUT2D eigenvalue weighted by molar-refractivity contribution is -0.145. The number of aliphatic carboxylic acids is 1. The van der Waals surface area contributed by atoms with Crippen molar-refractivity contribution in [1.82, 2.24) is 4.90 Å². The molecule has 5 heteroatoms. The summed E-state index contributed by atoms with van der Waals surface area (Å²) in [6, 6.07) is 0. The van der Waals surface area contributed by atoms with Crippen molar-refractivity contribution < 1.29 is 19.7 Å². The Labute approximate surface area is 120 Å². The summed E-state index contributed by atoms with van der Waals surface area (Å²) >= 11 is 0. The van der Waals surface area contributed by atoms with Crippen molar-refractivity contribution in [1.29, 1.82) is 0 Å². The molecule has 2 fully saturated rings. The molecule has 1 unspecified atom stereocenters. The van der Waals surface area contributed by atoms with Gasteiger partial charge in [0.05, 0.1) is 18.1 Å². The van der Waals surface area contributed by atoms with E-state index in [9.17, 15) is 9.90 Å². The lowest BCUT2D eigenvalue weighted by Crippen LogP contribution is -2.49. The highest BCUT2D eigenvalue weighted by Crippen LogP contribution is 2.33. The van der Waals surface area contributed by atoms with Crippen molar-refractivity contribution in [2.75, 3.05) is 33.4 Å². The van der Waals surface area contributed by atoms with Crippen molar-refractivity contribution in [2.24, 2.45) is 11.8 Å². The van der Waals surface area contributed by atoms with Gasteiger partial charge in [0, 0.05) is 20.2 Å². The standard InChI is InChI=1S/C15H27NO4/c1-20-10-12-3-2-8-16(9-12)11-15(19)6-4-13(5-7-15)14(17)18/h12-13,19H,2-11H2,1H3,(H,17,18). The molecule has 2 rings (SSSR count). The van der Waals surface area contributed by atoms with Crippen molar-refractivity contribution in [2.45, 2.75) is 44.1 Å². The lowest BCUT2D eigenvalue weighted by Gasteiger charge is -2.41. The predicted octanol–water partition coefficient (Wildman–Crippen LogP) is 1.35. The van der Waals surface area contributed by atoms with Crippen LogP contribution in [0.25, 0.3) is 0 Å². The maximum absolute atomic E-state index is 11.0. The fourth-order valence-corrected chi connectivity index (χ4v) is 3.64. The lowest BCUT2D eigenvalue weighted by atomic mass is 9.78. The third-order valence-corrected chi connectivity index (χ3v) is 4.79. The van der Waals surface area contributed by atoms with E-state index in [-0.39, 0.29) is 5.92 Å². The van der Waals surface area contributed by atoms with Crippen LogP contribution in [0.3, 0.4) is 0 Å². The summed E-state index contributed by atoms with van der Waals surface area (Å²) in [4.78, 5) is 13.3. The van der Waals surface area contributed by atoms with Gasteiger partial charge < -0.3 is 19.8 Å². The molecule has 1 atom stereocenters. The van der Waals surface area contributed by atoms with E-state index in [0.29, 0.717) is 38.1 Å². The zero-order valence-corrected chi connectivity index (χ0v) is 12.4. The molecule has 2 aliphatic rings. The smallest absolute Gasteiger partial charge is 0.306 e. The van der Waals surface area contributed by atoms with Crippen molar-refractivity contribution in [3.05, 3.63) is 0 Å². The minimum atomic E-state index is -0.717. The molecule has 1 saturated heterocycles. The van der Waals surface area contributed by atoms with E-state index in [0.717, 1.165) is 26.1 Å². The van der Waals surface area contributed by atoms with Crippen molar-refractivity contribution in [3.63, 3.8) is 0 Å². The second kappa shape index (κ2) is 6.87. The number of hydrogen-bond donors (Lipinski definition) is 2. The molecular weight excluding hydrogens is 258 g/mol. The molecule has 5 nitrogen and oxygen atoms in total. The molecular formula is C15H27NO4. The number of β-amino-alcohol motifs (C(OH)–C–C–N with tert-alkyl or cyclic N) is 1. The number of carboxylic acids is 1. The van der Waals surface area contributed by atoms with Crippen molar-refractivity contribution >= 4 is 5.97 Å². The van der Waals surface area contributed by atoms with E-state index in [1.807, 2.05) is 0 Å². The van der Waals surface area contributed by atoms with Gasteiger partial charge in [0.25, 0.3) is 0 Å². The molecule has 116 valence electrons. The monoisotopic (exact) mass is 285 g/mol. The first-order valence-corrected chi connectivity index (χ1v) is 7.69. The SMILES string of the molecule is COCC1CCCN(CC2(O)CCC(C(=O)O)CC2)C1. The molecule has 0 spiro atoms. The van der Waals surface area contributed by atoms with E-state index in [4.69, 9.17) is 9.84 Å². The number of carboxylic acid groups (broad SMARTS) is 1. The molecule has 20 heavy (non-hydrogen) atoms. The average Bonchev–Trinajstić information content (AvgIpc) is 2.39. The number of carbonyl (C=O) groups is 1. The number of ether oxygens (including phenoxy) is 1. The maximum Gasteiger partial charge on any atom is 0.306 e. The highest BCUT2D eigenvalue weighted by molar-refractivity contribution is 5.70. The third kappa shape index (κ3) is 4.17. The van der Waals surface area contributed by atoms with E-state index in [1.54, 1.807) is 7.11 Å². The van der Waals surface area contributed by atoms with Gasteiger partial charge in [-0.1, -0.05) is 0 Å². The van der Waals surface area contributed by atoms with E-state index in [2.05, 4.69) is 4.90 Å². The number of piperidine rings is 1. The molecule has 0 radical (unpaired) electrons. The summed E-state index contributed by atoms with van der Waals surface area (Å²) in [5.74, 6) is -0.421. The Bertz CT molecular complexity index is 324. The third-order valence-electron chi connectivity index (χ3n) is 4.79. The summed E-state index contributed by atoms with van der Waals surface area (Å²) < 4.78 is 5.23. The van der Waals surface area contributed by atoms with Crippen LogP contribution in [-0.4, -0.2) is 60.0 Å². The molecule has 1 aliphatic heterocycles. The second-order valence-electron chi connectivity index (χ2n) is 6.54. The second-order valence-corrected chi connectivity index (χ2v) is 6.54. The predicted molar refractivity (Wildman–Crippen MR) is 75.6 cm³/mol. The topological polar surface area (TPSA) is 70.0 Å². The molecule has 0 aromatic carbocycles. The van der Waals surface area contributed by atoms with Gasteiger partial charge in [0.15, 0.2) is 0 Å². The van der Waals surface area contributed by atoms with Gasteiger partial charge in [0.1, 0.15) is 0 Å². The highest BCUT2D eigenvalue weighted by atomic mass is 16.5. The van der Waals surface area contributed by atoms with Crippen molar-refractivity contribution in [3.8, 4) is 0 Å². The first-order chi connectivity index (χ1) is 9.52. The highest BCUT2D eigenvalue weighted by Gasteiger charge is 2.37. The molecule has 1 heterocycles. The van der Waals surface area contributed by atoms with Gasteiger partial charge in [-0.25, -0.2) is 0 Å². The van der Waals surface area contributed by atoms with Crippen LogP contribution >= 0.6 is 0 Å². The number of hydrogen-bond acceptors (Lipinski definition) is 4. The Kier molecular flexibility index (Phi) is 5.41. The van der Waals surface area contributed by atoms with Crippen LogP contribution in [0.1, 0.15) is 38.5 Å². The van der Waals surface area contributed by atoms with Crippen LogP contribution in [0.5, 0.6) is 0 Å². The Balaban J connectivity index is 1.81. The summed E-state index contributed by atoms with van der Waals surface area (Å²) in [5, 5.41) is 19.7. The molecule has 1 saturated carbocycles. The minimum absolute atomic E-state index is 0.266.